The van der Waals surface area contributed by atoms with Gasteiger partial charge in [-0.1, -0.05) is 49.8 Å². The summed E-state index contributed by atoms with van der Waals surface area (Å²) in [7, 11) is 0. The van der Waals surface area contributed by atoms with Crippen LogP contribution in [0.3, 0.4) is 0 Å². The minimum Gasteiger partial charge on any atom is -0.343 e. The van der Waals surface area contributed by atoms with Crippen molar-refractivity contribution in [3.8, 4) is 0 Å². The third-order valence-corrected chi connectivity index (χ3v) is 5.67. The van der Waals surface area contributed by atoms with E-state index in [0.717, 1.165) is 31.8 Å². The highest BCUT2D eigenvalue weighted by Gasteiger charge is 2.20. The topological polar surface area (TPSA) is 32.3 Å². The van der Waals surface area contributed by atoms with Crippen LogP contribution >= 0.6 is 11.6 Å². The average molecular weight is 383 g/mol. The number of nitrogens with zero attached hydrogens (tertiary/aromatic N) is 1. The lowest BCUT2D eigenvalue weighted by molar-refractivity contribution is -0.129. The van der Waals surface area contributed by atoms with Crippen molar-refractivity contribution in [2.75, 3.05) is 19.6 Å². The van der Waals surface area contributed by atoms with Gasteiger partial charge >= 0.3 is 0 Å². The van der Waals surface area contributed by atoms with Crippen LogP contribution < -0.4 is 5.32 Å². The lowest BCUT2D eigenvalue weighted by Gasteiger charge is -2.32. The molecule has 1 aromatic carbocycles. The molecule has 5 heteroatoms. The zero-order valence-corrected chi connectivity index (χ0v) is 16.6. The highest BCUT2D eigenvalue weighted by atomic mass is 35.5. The normalized spacial score (nSPS) is 19.0. The van der Waals surface area contributed by atoms with Crippen molar-refractivity contribution in [1.82, 2.24) is 10.2 Å². The molecule has 26 heavy (non-hydrogen) atoms. The third-order valence-electron chi connectivity index (χ3n) is 5.44. The monoisotopic (exact) mass is 382 g/mol. The van der Waals surface area contributed by atoms with Gasteiger partial charge in [-0.3, -0.25) is 4.79 Å². The van der Waals surface area contributed by atoms with Gasteiger partial charge in [0.15, 0.2) is 0 Å². The van der Waals surface area contributed by atoms with Crippen LogP contribution in [-0.4, -0.2) is 36.5 Å². The molecule has 1 heterocycles. The van der Waals surface area contributed by atoms with E-state index >= 15 is 0 Å². The van der Waals surface area contributed by atoms with Gasteiger partial charge in [0.2, 0.25) is 5.91 Å². The summed E-state index contributed by atoms with van der Waals surface area (Å²) in [6.45, 7) is 4.74. The fraction of sp³-hybridized carbons (Fsp3) is 0.667. The van der Waals surface area contributed by atoms with Crippen LogP contribution in [-0.2, 0) is 4.79 Å². The highest BCUT2D eigenvalue weighted by molar-refractivity contribution is 6.30. The number of amides is 1. The molecule has 0 atom stereocenters. The van der Waals surface area contributed by atoms with E-state index in [0.29, 0.717) is 11.1 Å². The molecule has 1 aliphatic carbocycles. The van der Waals surface area contributed by atoms with Crippen LogP contribution in [0.4, 0.5) is 4.39 Å². The van der Waals surface area contributed by atoms with E-state index in [-0.39, 0.29) is 11.7 Å². The number of halogens is 2. The first-order chi connectivity index (χ1) is 12.5. The molecular formula is C21H32ClFN2O. The first-order valence-corrected chi connectivity index (χ1v) is 10.3. The van der Waals surface area contributed by atoms with Crippen LogP contribution in [0.1, 0.15) is 58.3 Å². The van der Waals surface area contributed by atoms with Crippen LogP contribution in [0.5, 0.6) is 0 Å². The molecule has 146 valence electrons. The number of carbonyl (C=O) groups is 1. The Balaban J connectivity index is 0.000000254. The molecule has 2 fully saturated rings. The number of piperidine rings is 1. The summed E-state index contributed by atoms with van der Waals surface area (Å²) in [6.07, 6.45) is 10.9. The summed E-state index contributed by atoms with van der Waals surface area (Å²) >= 11 is 5.40. The lowest BCUT2D eigenvalue weighted by Crippen LogP contribution is -2.44. The number of benzene rings is 1. The van der Waals surface area contributed by atoms with Crippen LogP contribution in [0, 0.1) is 11.7 Å². The van der Waals surface area contributed by atoms with E-state index in [1.807, 2.05) is 4.90 Å². The van der Waals surface area contributed by atoms with Crippen molar-refractivity contribution in [3.63, 3.8) is 0 Å². The Morgan fingerprint density at radius 3 is 2.42 bits per heavy atom. The number of nitrogens with one attached hydrogen (secondary N) is 1. The van der Waals surface area contributed by atoms with Crippen LogP contribution in [0.25, 0.3) is 0 Å². The Labute approximate surface area is 162 Å². The van der Waals surface area contributed by atoms with Gasteiger partial charge in [0.1, 0.15) is 5.82 Å². The van der Waals surface area contributed by atoms with Crippen molar-refractivity contribution in [2.45, 2.75) is 64.3 Å². The molecule has 2 aliphatic rings. The quantitative estimate of drug-likeness (QED) is 0.791. The largest absolute Gasteiger partial charge is 0.343 e. The summed E-state index contributed by atoms with van der Waals surface area (Å²) < 4.78 is 12.1. The summed E-state index contributed by atoms with van der Waals surface area (Å²) in [5.41, 5.74) is 0. The van der Waals surface area contributed by atoms with Crippen molar-refractivity contribution in [1.29, 1.82) is 0 Å². The maximum Gasteiger partial charge on any atom is 0.219 e. The first kappa shape index (κ1) is 21.2. The Morgan fingerprint density at radius 1 is 1.19 bits per heavy atom. The molecule has 0 aromatic heterocycles. The van der Waals surface area contributed by atoms with Crippen molar-refractivity contribution in [2.24, 2.45) is 5.92 Å². The van der Waals surface area contributed by atoms with Gasteiger partial charge in [-0.05, 0) is 49.9 Å². The van der Waals surface area contributed by atoms with Crippen molar-refractivity contribution < 1.29 is 9.18 Å². The fourth-order valence-corrected chi connectivity index (χ4v) is 4.00. The van der Waals surface area contributed by atoms with Gasteiger partial charge < -0.3 is 10.2 Å². The second-order valence-corrected chi connectivity index (χ2v) is 7.90. The smallest absolute Gasteiger partial charge is 0.219 e. The standard InChI is InChI=1S/C15H28N2O.C6H4ClF/c1-13(18)17-11-8-15(9-12-17)16-10-7-14-5-3-2-4-6-14;7-5-2-1-3-6(8)4-5/h14-16H,2-12H2,1H3;1-4H. The van der Waals surface area contributed by atoms with E-state index in [1.54, 1.807) is 19.1 Å². The summed E-state index contributed by atoms with van der Waals surface area (Å²) in [5.74, 6) is 0.914. The third kappa shape index (κ3) is 8.05. The summed E-state index contributed by atoms with van der Waals surface area (Å²) in [6, 6.07) is 6.46. The van der Waals surface area contributed by atoms with E-state index in [1.165, 1.54) is 57.2 Å². The Hall–Kier alpha value is -1.13. The Morgan fingerprint density at radius 2 is 1.88 bits per heavy atom. The molecule has 0 unspecified atom stereocenters. The molecule has 1 aromatic rings. The second kappa shape index (κ2) is 11.6. The number of hydrogen-bond donors (Lipinski definition) is 1. The molecular weight excluding hydrogens is 351 g/mol. The fourth-order valence-electron chi connectivity index (χ4n) is 3.83. The molecule has 0 bridgehead atoms. The highest BCUT2D eigenvalue weighted by Crippen LogP contribution is 2.25. The number of hydrogen-bond acceptors (Lipinski definition) is 2. The predicted molar refractivity (Wildman–Crippen MR) is 106 cm³/mol. The average Bonchev–Trinajstić information content (AvgIpc) is 2.63. The molecule has 3 nitrogen and oxygen atoms in total. The Kier molecular flexibility index (Phi) is 9.41. The van der Waals surface area contributed by atoms with Gasteiger partial charge in [0.25, 0.3) is 0 Å². The van der Waals surface area contributed by atoms with Crippen molar-refractivity contribution in [3.05, 3.63) is 35.1 Å². The molecule has 1 N–H and O–H groups in total. The first-order valence-electron chi connectivity index (χ1n) is 9.94. The van der Waals surface area contributed by atoms with Gasteiger partial charge in [-0.15, -0.1) is 0 Å². The lowest BCUT2D eigenvalue weighted by atomic mass is 9.87. The SMILES string of the molecule is CC(=O)N1CCC(NCCC2CCCCC2)CC1.Fc1cccc(Cl)c1. The summed E-state index contributed by atoms with van der Waals surface area (Å²) in [4.78, 5) is 13.2. The van der Waals surface area contributed by atoms with Gasteiger partial charge in [0.05, 0.1) is 0 Å². The molecule has 1 aliphatic heterocycles. The molecule has 1 saturated heterocycles. The van der Waals surface area contributed by atoms with E-state index in [4.69, 9.17) is 11.6 Å². The van der Waals surface area contributed by atoms with E-state index in [2.05, 4.69) is 5.32 Å². The van der Waals surface area contributed by atoms with E-state index < -0.39 is 0 Å². The molecule has 0 radical (unpaired) electrons. The zero-order valence-electron chi connectivity index (χ0n) is 15.9. The molecule has 3 rings (SSSR count). The van der Waals surface area contributed by atoms with Gasteiger partial charge in [-0.2, -0.15) is 0 Å². The van der Waals surface area contributed by atoms with Crippen molar-refractivity contribution >= 4 is 17.5 Å². The van der Waals surface area contributed by atoms with Gasteiger partial charge in [0, 0.05) is 31.1 Å². The maximum absolute atomic E-state index is 12.1. The minimum atomic E-state index is -0.294. The number of carbonyl (C=O) groups excluding carboxylic acids is 1. The minimum absolute atomic E-state index is 0.232. The van der Waals surface area contributed by atoms with Gasteiger partial charge in [-0.25, -0.2) is 4.39 Å². The molecule has 1 amide bonds. The van der Waals surface area contributed by atoms with E-state index in [9.17, 15) is 9.18 Å². The van der Waals surface area contributed by atoms with Crippen LogP contribution in [0.15, 0.2) is 24.3 Å². The molecule has 0 spiro atoms. The zero-order chi connectivity index (χ0) is 18.8. The Bertz CT molecular complexity index is 523. The molecule has 1 saturated carbocycles. The second-order valence-electron chi connectivity index (χ2n) is 7.47. The number of likely N-dealkylation sites (tertiary alicyclic amines) is 1. The van der Waals surface area contributed by atoms with Crippen LogP contribution in [0.2, 0.25) is 5.02 Å². The summed E-state index contributed by atoms with van der Waals surface area (Å²) in [5, 5.41) is 4.13. The predicted octanol–water partition coefficient (Wildman–Crippen LogP) is 5.04. The number of rotatable bonds is 4. The maximum atomic E-state index is 12.1.